The predicted octanol–water partition coefficient (Wildman–Crippen LogP) is 4.65. The summed E-state index contributed by atoms with van der Waals surface area (Å²) in [4.78, 5) is 11.4. The van der Waals surface area contributed by atoms with Crippen LogP contribution in [0, 0.1) is 0 Å². The van der Waals surface area contributed by atoms with Gasteiger partial charge >= 0.3 is 6.16 Å². The average Bonchev–Trinajstić information content (AvgIpc) is 1.99. The van der Waals surface area contributed by atoms with E-state index in [4.69, 9.17) is 32.7 Å². The standard InChI is InChI=1S/C11H20Cl2O3/c1-5-7-10(3,12)15-9(14)16-11(4,13)8-6-2/h5-8H2,1-4H3. The first kappa shape index (κ1) is 15.9. The van der Waals surface area contributed by atoms with Gasteiger partial charge in [0.2, 0.25) is 0 Å². The molecule has 0 aliphatic carbocycles. The first-order valence-corrected chi connectivity index (χ1v) is 6.28. The lowest BCUT2D eigenvalue weighted by molar-refractivity contribution is -0.0228. The lowest BCUT2D eigenvalue weighted by Crippen LogP contribution is -2.31. The minimum absolute atomic E-state index is 0.566. The Labute approximate surface area is 107 Å². The number of carbonyl (C=O) groups excluding carboxylic acids is 1. The Kier molecular flexibility index (Phi) is 6.49. The van der Waals surface area contributed by atoms with Gasteiger partial charge in [-0.15, -0.1) is 0 Å². The van der Waals surface area contributed by atoms with Gasteiger partial charge in [0.25, 0.3) is 0 Å². The zero-order valence-corrected chi connectivity index (χ0v) is 11.8. The zero-order chi connectivity index (χ0) is 12.8. The number of ether oxygens (including phenoxy) is 2. The van der Waals surface area contributed by atoms with E-state index in [-0.39, 0.29) is 0 Å². The first-order valence-electron chi connectivity index (χ1n) is 5.52. The Morgan fingerprint density at radius 2 is 1.31 bits per heavy atom. The summed E-state index contributed by atoms with van der Waals surface area (Å²) in [5.74, 6) is 0. The van der Waals surface area contributed by atoms with Crippen LogP contribution in [-0.4, -0.2) is 16.3 Å². The Morgan fingerprint density at radius 1 is 1.00 bits per heavy atom. The van der Waals surface area contributed by atoms with E-state index in [1.54, 1.807) is 13.8 Å². The molecule has 0 aromatic carbocycles. The molecule has 0 rings (SSSR count). The van der Waals surface area contributed by atoms with Gasteiger partial charge in [0.1, 0.15) is 0 Å². The number of hydrogen-bond donors (Lipinski definition) is 0. The van der Waals surface area contributed by atoms with Crippen LogP contribution in [0.2, 0.25) is 0 Å². The topological polar surface area (TPSA) is 35.5 Å². The molecule has 0 bridgehead atoms. The number of carbonyl (C=O) groups is 1. The average molecular weight is 271 g/mol. The van der Waals surface area contributed by atoms with Crippen molar-refractivity contribution in [3.63, 3.8) is 0 Å². The largest absolute Gasteiger partial charge is 0.511 e. The fraction of sp³-hybridized carbons (Fsp3) is 0.909. The molecule has 2 unspecified atom stereocenters. The van der Waals surface area contributed by atoms with Gasteiger partial charge in [0.15, 0.2) is 10.1 Å². The second-order valence-electron chi connectivity index (χ2n) is 4.16. The van der Waals surface area contributed by atoms with Crippen LogP contribution in [0.4, 0.5) is 4.79 Å². The molecule has 0 fully saturated rings. The maximum atomic E-state index is 11.4. The molecule has 0 aliphatic heterocycles. The summed E-state index contributed by atoms with van der Waals surface area (Å²) < 4.78 is 9.96. The molecular weight excluding hydrogens is 251 g/mol. The molecule has 0 aromatic heterocycles. The van der Waals surface area contributed by atoms with E-state index < -0.39 is 16.3 Å². The summed E-state index contributed by atoms with van der Waals surface area (Å²) in [6.07, 6.45) is 1.95. The maximum Gasteiger partial charge on any atom is 0.511 e. The van der Waals surface area contributed by atoms with Gasteiger partial charge in [0.05, 0.1) is 0 Å². The summed E-state index contributed by atoms with van der Waals surface area (Å²) in [5.41, 5.74) is 0. The van der Waals surface area contributed by atoms with Crippen LogP contribution in [-0.2, 0) is 9.47 Å². The van der Waals surface area contributed by atoms with Gasteiger partial charge in [0, 0.05) is 12.8 Å². The van der Waals surface area contributed by atoms with Gasteiger partial charge < -0.3 is 9.47 Å². The summed E-state index contributed by atoms with van der Waals surface area (Å²) in [5, 5.41) is -2.05. The second-order valence-corrected chi connectivity index (χ2v) is 5.76. The number of halogens is 2. The minimum Gasteiger partial charge on any atom is -0.412 e. The Bertz CT molecular complexity index is 205. The van der Waals surface area contributed by atoms with Crippen molar-refractivity contribution in [2.75, 3.05) is 0 Å². The normalized spacial score (nSPS) is 18.4. The van der Waals surface area contributed by atoms with Crippen molar-refractivity contribution in [1.82, 2.24) is 0 Å². The van der Waals surface area contributed by atoms with Gasteiger partial charge in [-0.3, -0.25) is 0 Å². The highest BCUT2D eigenvalue weighted by atomic mass is 35.5. The van der Waals surface area contributed by atoms with Crippen LogP contribution in [0.25, 0.3) is 0 Å². The maximum absolute atomic E-state index is 11.4. The Balaban J connectivity index is 4.17. The molecular formula is C11H20Cl2O3. The lowest BCUT2D eigenvalue weighted by atomic mass is 10.2. The van der Waals surface area contributed by atoms with Crippen LogP contribution in [0.15, 0.2) is 0 Å². The van der Waals surface area contributed by atoms with E-state index in [2.05, 4.69) is 0 Å². The molecule has 0 saturated heterocycles. The van der Waals surface area contributed by atoms with Crippen molar-refractivity contribution >= 4 is 29.4 Å². The molecule has 0 aliphatic rings. The molecule has 2 atom stereocenters. The smallest absolute Gasteiger partial charge is 0.412 e. The molecule has 0 aromatic rings. The highest BCUT2D eigenvalue weighted by Crippen LogP contribution is 2.27. The van der Waals surface area contributed by atoms with Crippen molar-refractivity contribution in [1.29, 1.82) is 0 Å². The van der Waals surface area contributed by atoms with E-state index in [9.17, 15) is 4.79 Å². The number of alkyl halides is 2. The van der Waals surface area contributed by atoms with Crippen molar-refractivity contribution in [2.45, 2.75) is 63.5 Å². The van der Waals surface area contributed by atoms with Crippen LogP contribution in [0.1, 0.15) is 53.4 Å². The Morgan fingerprint density at radius 3 is 1.56 bits per heavy atom. The molecule has 16 heavy (non-hydrogen) atoms. The van der Waals surface area contributed by atoms with E-state index in [1.807, 2.05) is 13.8 Å². The van der Waals surface area contributed by atoms with Gasteiger partial charge in [-0.1, -0.05) is 49.9 Å². The molecule has 0 radical (unpaired) electrons. The van der Waals surface area contributed by atoms with Gasteiger partial charge in [-0.05, 0) is 13.8 Å². The van der Waals surface area contributed by atoms with Crippen molar-refractivity contribution in [3.8, 4) is 0 Å². The monoisotopic (exact) mass is 270 g/mol. The lowest BCUT2D eigenvalue weighted by Gasteiger charge is -2.26. The van der Waals surface area contributed by atoms with Crippen molar-refractivity contribution in [2.24, 2.45) is 0 Å². The van der Waals surface area contributed by atoms with Crippen molar-refractivity contribution in [3.05, 3.63) is 0 Å². The third kappa shape index (κ3) is 7.18. The molecule has 0 amide bonds. The van der Waals surface area contributed by atoms with Gasteiger partial charge in [-0.2, -0.15) is 0 Å². The number of rotatable bonds is 6. The molecule has 0 spiro atoms. The predicted molar refractivity (Wildman–Crippen MR) is 65.9 cm³/mol. The molecule has 0 saturated carbocycles. The second kappa shape index (κ2) is 6.55. The molecule has 96 valence electrons. The summed E-state index contributed by atoms with van der Waals surface area (Å²) >= 11 is 11.9. The summed E-state index contributed by atoms with van der Waals surface area (Å²) in [6, 6.07) is 0. The molecule has 5 heteroatoms. The van der Waals surface area contributed by atoms with Crippen LogP contribution in [0.5, 0.6) is 0 Å². The highest BCUT2D eigenvalue weighted by Gasteiger charge is 2.31. The zero-order valence-electron chi connectivity index (χ0n) is 10.3. The first-order chi connectivity index (χ1) is 7.22. The SMILES string of the molecule is CCCC(C)(Cl)OC(=O)OC(C)(Cl)CCC. The molecule has 3 nitrogen and oxygen atoms in total. The van der Waals surface area contributed by atoms with Crippen LogP contribution < -0.4 is 0 Å². The van der Waals surface area contributed by atoms with Crippen molar-refractivity contribution < 1.29 is 14.3 Å². The van der Waals surface area contributed by atoms with Gasteiger partial charge in [-0.25, -0.2) is 4.79 Å². The van der Waals surface area contributed by atoms with Crippen LogP contribution in [0.3, 0.4) is 0 Å². The van der Waals surface area contributed by atoms with E-state index in [0.29, 0.717) is 12.8 Å². The van der Waals surface area contributed by atoms with E-state index in [0.717, 1.165) is 12.8 Å². The highest BCUT2D eigenvalue weighted by molar-refractivity contribution is 6.23. The minimum atomic E-state index is -1.02. The molecule has 0 N–H and O–H groups in total. The fourth-order valence-electron chi connectivity index (χ4n) is 1.36. The Hall–Kier alpha value is -0.150. The van der Waals surface area contributed by atoms with E-state index in [1.165, 1.54) is 0 Å². The van der Waals surface area contributed by atoms with E-state index >= 15 is 0 Å². The summed E-state index contributed by atoms with van der Waals surface area (Å²) in [7, 11) is 0. The summed E-state index contributed by atoms with van der Waals surface area (Å²) in [6.45, 7) is 7.17. The third-order valence-corrected chi connectivity index (χ3v) is 2.52. The third-order valence-electron chi connectivity index (χ3n) is 1.99. The quantitative estimate of drug-likeness (QED) is 0.521. The molecule has 0 heterocycles. The number of hydrogen-bond acceptors (Lipinski definition) is 3. The van der Waals surface area contributed by atoms with Crippen LogP contribution >= 0.6 is 23.2 Å². The fourth-order valence-corrected chi connectivity index (χ4v) is 1.87.